The van der Waals surface area contributed by atoms with E-state index < -0.39 is 28.9 Å². The van der Waals surface area contributed by atoms with E-state index >= 15 is 0 Å². The second kappa shape index (κ2) is 6.98. The van der Waals surface area contributed by atoms with Crippen LogP contribution >= 0.6 is 0 Å². The number of nitro groups is 1. The first-order valence-electron chi connectivity index (χ1n) is 8.22. The van der Waals surface area contributed by atoms with Crippen molar-refractivity contribution in [2.75, 3.05) is 18.4 Å². The van der Waals surface area contributed by atoms with Gasteiger partial charge < -0.3 is 15.4 Å². The molecule has 1 aromatic carbocycles. The molecule has 2 N–H and O–H groups in total. The highest BCUT2D eigenvalue weighted by Crippen LogP contribution is 2.31. The summed E-state index contributed by atoms with van der Waals surface area (Å²) in [5, 5.41) is 16.8. The topological polar surface area (TPSA) is 131 Å². The summed E-state index contributed by atoms with van der Waals surface area (Å²) < 4.78 is 5.07. The van der Waals surface area contributed by atoms with Crippen LogP contribution in [0.5, 0.6) is 0 Å². The minimum Gasteiger partial charge on any atom is -0.449 e. The number of hydrogen-bond donors (Lipinski definition) is 2. The lowest BCUT2D eigenvalue weighted by molar-refractivity contribution is -0.384. The molecule has 1 heterocycles. The Kier molecular flexibility index (Phi) is 4.74. The number of nitro benzene ring substituents is 1. The minimum absolute atomic E-state index is 0.0384. The van der Waals surface area contributed by atoms with Crippen molar-refractivity contribution in [3.8, 4) is 0 Å². The maximum Gasteiger partial charge on any atom is 0.339 e. The van der Waals surface area contributed by atoms with Crippen LogP contribution in [0.2, 0.25) is 0 Å². The molecule has 1 saturated carbocycles. The van der Waals surface area contributed by atoms with Crippen molar-refractivity contribution in [1.82, 2.24) is 10.2 Å². The molecule has 3 amide bonds. The lowest BCUT2D eigenvalue weighted by atomic mass is 10.1. The fraction of sp³-hybridized carbons (Fsp3) is 0.438. The normalized spacial score (nSPS) is 17.4. The molecule has 0 radical (unpaired) electrons. The van der Waals surface area contributed by atoms with Crippen molar-refractivity contribution in [2.45, 2.75) is 31.9 Å². The highest BCUT2D eigenvalue weighted by Gasteiger charge is 2.32. The number of benzene rings is 1. The molecule has 0 aromatic heterocycles. The Morgan fingerprint density at radius 2 is 2.15 bits per heavy atom. The molecule has 10 nitrogen and oxygen atoms in total. The molecule has 26 heavy (non-hydrogen) atoms. The molecule has 3 rings (SSSR count). The minimum atomic E-state index is -1.19. The van der Waals surface area contributed by atoms with Gasteiger partial charge in [0.15, 0.2) is 6.10 Å². The summed E-state index contributed by atoms with van der Waals surface area (Å²) in [6, 6.07) is 3.65. The fourth-order valence-electron chi connectivity index (χ4n) is 2.56. The van der Waals surface area contributed by atoms with Crippen molar-refractivity contribution in [2.24, 2.45) is 0 Å². The predicted octanol–water partition coefficient (Wildman–Crippen LogP) is 1.27. The Hall–Kier alpha value is -3.17. The molecule has 0 bridgehead atoms. The van der Waals surface area contributed by atoms with Crippen molar-refractivity contribution in [3.05, 3.63) is 33.9 Å². The van der Waals surface area contributed by atoms with Gasteiger partial charge in [0.1, 0.15) is 5.69 Å². The number of hydrogen-bond acceptors (Lipinski definition) is 7. The first-order chi connectivity index (χ1) is 12.4. The second-order valence-corrected chi connectivity index (χ2v) is 6.18. The van der Waals surface area contributed by atoms with Crippen molar-refractivity contribution < 1.29 is 24.0 Å². The van der Waals surface area contributed by atoms with E-state index in [9.17, 15) is 24.5 Å². The average Bonchev–Trinajstić information content (AvgIpc) is 3.32. The van der Waals surface area contributed by atoms with Gasteiger partial charge in [0.05, 0.1) is 10.5 Å². The van der Waals surface area contributed by atoms with Crippen LogP contribution in [0.25, 0.3) is 0 Å². The summed E-state index contributed by atoms with van der Waals surface area (Å²) in [6.45, 7) is 1.89. The number of rotatable bonds is 6. The van der Waals surface area contributed by atoms with Gasteiger partial charge in [-0.25, -0.2) is 9.59 Å². The second-order valence-electron chi connectivity index (χ2n) is 6.18. The molecule has 10 heteroatoms. The number of imide groups is 1. The van der Waals surface area contributed by atoms with Crippen LogP contribution in [0.3, 0.4) is 0 Å². The molecule has 1 aliphatic carbocycles. The van der Waals surface area contributed by atoms with Crippen LogP contribution in [0.1, 0.15) is 30.1 Å². The van der Waals surface area contributed by atoms with Gasteiger partial charge in [-0.1, -0.05) is 0 Å². The molecule has 1 aromatic rings. The van der Waals surface area contributed by atoms with Gasteiger partial charge in [0.2, 0.25) is 0 Å². The number of carbonyl (C=O) groups is 3. The Morgan fingerprint density at radius 1 is 1.42 bits per heavy atom. The Morgan fingerprint density at radius 3 is 2.73 bits per heavy atom. The molecular weight excluding hydrogens is 344 g/mol. The summed E-state index contributed by atoms with van der Waals surface area (Å²) in [4.78, 5) is 47.5. The lowest BCUT2D eigenvalue weighted by Crippen LogP contribution is -2.41. The van der Waals surface area contributed by atoms with E-state index in [0.29, 0.717) is 12.2 Å². The van der Waals surface area contributed by atoms with E-state index in [-0.39, 0.29) is 23.8 Å². The Bertz CT molecular complexity index is 776. The summed E-state index contributed by atoms with van der Waals surface area (Å²) in [5.74, 6) is -1.51. The van der Waals surface area contributed by atoms with Gasteiger partial charge in [0.25, 0.3) is 11.6 Å². The van der Waals surface area contributed by atoms with Gasteiger partial charge in [-0.05, 0) is 31.9 Å². The first kappa shape index (κ1) is 17.6. The van der Waals surface area contributed by atoms with Gasteiger partial charge in [0, 0.05) is 25.2 Å². The van der Waals surface area contributed by atoms with Crippen LogP contribution in [0.4, 0.5) is 16.2 Å². The number of ether oxygens (including phenoxy) is 1. The quantitative estimate of drug-likeness (QED) is 0.442. The highest BCUT2D eigenvalue weighted by molar-refractivity contribution is 5.99. The standard InChI is InChI=1S/C16H18N4O6/c1-9(14(21)19-7-6-17-16(19)23)26-15(22)10-2-5-12(18-11-3-4-11)13(8-10)20(24)25/h2,5,8-9,11,18H,3-4,6-7H2,1H3,(H,17,23)/t9-/m1/s1. The van der Waals surface area contributed by atoms with E-state index in [1.54, 1.807) is 0 Å². The molecule has 0 unspecified atom stereocenters. The lowest BCUT2D eigenvalue weighted by Gasteiger charge is -2.18. The third-order valence-corrected chi connectivity index (χ3v) is 4.12. The Balaban J connectivity index is 1.70. The molecule has 0 spiro atoms. The maximum atomic E-state index is 12.2. The SMILES string of the molecule is C[C@@H](OC(=O)c1ccc(NC2CC2)c([N+](=O)[O-])c1)C(=O)N1CCNC1=O. The molecule has 2 aliphatic rings. The van der Waals surface area contributed by atoms with Crippen molar-refractivity contribution in [3.63, 3.8) is 0 Å². The summed E-state index contributed by atoms with van der Waals surface area (Å²) >= 11 is 0. The number of esters is 1. The van der Waals surface area contributed by atoms with Crippen LogP contribution in [-0.2, 0) is 9.53 Å². The third kappa shape index (κ3) is 3.73. The molecule has 2 fully saturated rings. The zero-order chi connectivity index (χ0) is 18.8. The summed E-state index contributed by atoms with van der Waals surface area (Å²) in [5.41, 5.74) is 0.0692. The van der Waals surface area contributed by atoms with E-state index in [1.165, 1.54) is 19.1 Å². The van der Waals surface area contributed by atoms with Crippen molar-refractivity contribution in [1.29, 1.82) is 0 Å². The van der Waals surface area contributed by atoms with Gasteiger partial charge in [-0.3, -0.25) is 19.8 Å². The van der Waals surface area contributed by atoms with E-state index in [2.05, 4.69) is 10.6 Å². The first-order valence-corrected chi connectivity index (χ1v) is 8.22. The summed E-state index contributed by atoms with van der Waals surface area (Å²) in [7, 11) is 0. The van der Waals surface area contributed by atoms with Crippen LogP contribution in [-0.4, -0.2) is 53.0 Å². The molecule has 138 valence electrons. The van der Waals surface area contributed by atoms with Gasteiger partial charge >= 0.3 is 12.0 Å². The number of amides is 3. The largest absolute Gasteiger partial charge is 0.449 e. The average molecular weight is 362 g/mol. The Labute approximate surface area is 148 Å². The third-order valence-electron chi connectivity index (χ3n) is 4.12. The number of nitrogens with one attached hydrogen (secondary N) is 2. The van der Waals surface area contributed by atoms with Crippen molar-refractivity contribution >= 4 is 29.3 Å². The van der Waals surface area contributed by atoms with Crippen LogP contribution in [0, 0.1) is 10.1 Å². The number of urea groups is 1. The molecule has 1 saturated heterocycles. The van der Waals surface area contributed by atoms with Crippen LogP contribution in [0.15, 0.2) is 18.2 Å². The van der Waals surface area contributed by atoms with Crippen LogP contribution < -0.4 is 10.6 Å². The number of carbonyl (C=O) groups excluding carboxylic acids is 3. The van der Waals surface area contributed by atoms with Gasteiger partial charge in [-0.15, -0.1) is 0 Å². The smallest absolute Gasteiger partial charge is 0.339 e. The number of anilines is 1. The van der Waals surface area contributed by atoms with E-state index in [4.69, 9.17) is 4.74 Å². The fourth-order valence-corrected chi connectivity index (χ4v) is 2.56. The molecular formula is C16H18N4O6. The highest BCUT2D eigenvalue weighted by atomic mass is 16.6. The monoisotopic (exact) mass is 362 g/mol. The van der Waals surface area contributed by atoms with E-state index in [0.717, 1.165) is 23.8 Å². The summed E-state index contributed by atoms with van der Waals surface area (Å²) in [6.07, 6.45) is 0.713. The molecule has 1 aliphatic heterocycles. The zero-order valence-electron chi connectivity index (χ0n) is 14.1. The van der Waals surface area contributed by atoms with E-state index in [1.807, 2.05) is 0 Å². The maximum absolute atomic E-state index is 12.2. The molecule has 1 atom stereocenters. The van der Waals surface area contributed by atoms with Gasteiger partial charge in [-0.2, -0.15) is 0 Å². The number of nitrogens with zero attached hydrogens (tertiary/aromatic N) is 2. The predicted molar refractivity (Wildman–Crippen MR) is 89.7 cm³/mol. The zero-order valence-corrected chi connectivity index (χ0v) is 14.1.